The lowest BCUT2D eigenvalue weighted by Crippen LogP contribution is -2.44. The molecule has 0 fully saturated rings. The normalized spacial score (nSPS) is 20.3. The number of nitrogens with zero attached hydrogens (tertiary/aromatic N) is 4. The number of imidazole rings is 1. The van der Waals surface area contributed by atoms with Crippen molar-refractivity contribution in [2.75, 3.05) is 4.90 Å². The van der Waals surface area contributed by atoms with Crippen molar-refractivity contribution in [3.8, 4) is 39.3 Å². The highest BCUT2D eigenvalue weighted by Crippen LogP contribution is 2.61. The molecule has 278 valence electrons. The lowest BCUT2D eigenvalue weighted by molar-refractivity contribution is 0.549. The van der Waals surface area contributed by atoms with E-state index in [9.17, 15) is 0 Å². The van der Waals surface area contributed by atoms with Crippen molar-refractivity contribution in [1.29, 1.82) is 0 Å². The molecule has 0 N–H and O–H groups in total. The first-order chi connectivity index (χ1) is 27.5. The van der Waals surface area contributed by atoms with E-state index in [1.165, 1.54) is 55.6 Å². The number of fused-ring (bicyclic) bond motifs is 9. The highest BCUT2D eigenvalue weighted by molar-refractivity contribution is 6.13. The van der Waals surface area contributed by atoms with Crippen molar-refractivity contribution in [3.63, 3.8) is 0 Å². The van der Waals surface area contributed by atoms with Gasteiger partial charge in [0.05, 0.1) is 17.1 Å². The molecular weight excluding hydrogens is 693 g/mol. The molecule has 0 saturated carbocycles. The van der Waals surface area contributed by atoms with Crippen molar-refractivity contribution in [2.45, 2.75) is 70.9 Å². The Balaban J connectivity index is 1.06. The van der Waals surface area contributed by atoms with Gasteiger partial charge in [-0.05, 0) is 125 Å². The molecule has 0 amide bonds. The van der Waals surface area contributed by atoms with E-state index in [1.807, 2.05) is 0 Å². The Morgan fingerprint density at radius 3 is 1.79 bits per heavy atom. The Labute approximate surface area is 335 Å². The predicted octanol–water partition coefficient (Wildman–Crippen LogP) is 12.4. The molecule has 57 heavy (non-hydrogen) atoms. The Morgan fingerprint density at radius 2 is 1.14 bits per heavy atom. The summed E-state index contributed by atoms with van der Waals surface area (Å²) >= 11 is 0. The number of anilines is 1. The summed E-state index contributed by atoms with van der Waals surface area (Å²) in [6.45, 7) is 16.7. The molecule has 2 unspecified atom stereocenters. The third kappa shape index (κ3) is 4.56. The van der Waals surface area contributed by atoms with E-state index in [4.69, 9.17) is 9.98 Å². The molecule has 4 nitrogen and oxygen atoms in total. The quantitative estimate of drug-likeness (QED) is 0.180. The molecular formula is C53H46N4. The lowest BCUT2D eigenvalue weighted by atomic mass is 9.71. The second kappa shape index (κ2) is 11.6. The highest BCUT2D eigenvalue weighted by atomic mass is 15.3. The molecule has 0 saturated heterocycles. The van der Waals surface area contributed by atoms with Crippen LogP contribution in [-0.2, 0) is 10.8 Å². The van der Waals surface area contributed by atoms with Crippen LogP contribution in [0.5, 0.6) is 0 Å². The SMILES string of the molecule is Cc1c(C)c2c(c3c1-c1ccc(C4=NC5(C)C=CC=CC5N4c4ccccc4)cc1C3(C)C)C(C)(C)c1cc(-c3nc4ccccc4n3-c3ccccc3)ccc1-2. The minimum atomic E-state index is -0.342. The zero-order chi connectivity index (χ0) is 39.0. The molecule has 6 aromatic carbocycles. The Kier molecular flexibility index (Phi) is 6.95. The average molecular weight is 739 g/mol. The molecule has 4 aliphatic rings. The van der Waals surface area contributed by atoms with E-state index in [0.717, 1.165) is 45.2 Å². The summed E-state index contributed by atoms with van der Waals surface area (Å²) in [6.07, 6.45) is 8.86. The second-order valence-electron chi connectivity index (χ2n) is 17.7. The molecule has 2 heterocycles. The first-order valence-electron chi connectivity index (χ1n) is 20.3. The largest absolute Gasteiger partial charge is 0.316 e. The number of aliphatic imine (C=N–C) groups is 1. The van der Waals surface area contributed by atoms with Gasteiger partial charge in [0.2, 0.25) is 0 Å². The first-order valence-corrected chi connectivity index (χ1v) is 20.3. The number of amidine groups is 1. The molecule has 0 radical (unpaired) electrons. The summed E-state index contributed by atoms with van der Waals surface area (Å²) in [5, 5.41) is 0. The summed E-state index contributed by atoms with van der Waals surface area (Å²) in [5.74, 6) is 1.99. The topological polar surface area (TPSA) is 33.4 Å². The fraction of sp³-hybridized carbons (Fsp3) is 0.208. The van der Waals surface area contributed by atoms with Crippen LogP contribution < -0.4 is 4.90 Å². The molecule has 11 rings (SSSR count). The smallest absolute Gasteiger partial charge is 0.145 e. The van der Waals surface area contributed by atoms with Gasteiger partial charge in [-0.3, -0.25) is 9.56 Å². The van der Waals surface area contributed by atoms with Gasteiger partial charge in [0.15, 0.2) is 0 Å². The molecule has 0 spiro atoms. The van der Waals surface area contributed by atoms with E-state index in [0.29, 0.717) is 0 Å². The second-order valence-corrected chi connectivity index (χ2v) is 17.7. The van der Waals surface area contributed by atoms with Crippen LogP contribution in [-0.4, -0.2) is 27.0 Å². The summed E-state index contributed by atoms with van der Waals surface area (Å²) in [5.41, 5.74) is 19.8. The van der Waals surface area contributed by atoms with Gasteiger partial charge in [0.1, 0.15) is 17.2 Å². The van der Waals surface area contributed by atoms with Crippen molar-refractivity contribution < 1.29 is 0 Å². The standard InChI is InChI=1S/C53H46N4/c1-32-33(2)46-39-28-26-35(50-55-53(7)29-17-16-24-44(53)57(50)37-20-12-9-13-21-37)31-41(39)52(5,6)48(46)47-45(32)38-27-25-34(30-40(38)51(47,3)4)49-54-42-22-14-15-23-43(42)56(49)36-18-10-8-11-19-36/h8-31,44H,1-7H3. The minimum absolute atomic E-state index is 0.111. The van der Waals surface area contributed by atoms with E-state index in [1.54, 1.807) is 0 Å². The van der Waals surface area contributed by atoms with E-state index >= 15 is 0 Å². The number of hydrogen-bond donors (Lipinski definition) is 0. The van der Waals surface area contributed by atoms with Crippen LogP contribution >= 0.6 is 0 Å². The zero-order valence-corrected chi connectivity index (χ0v) is 33.7. The minimum Gasteiger partial charge on any atom is -0.316 e. The van der Waals surface area contributed by atoms with Gasteiger partial charge in [-0.25, -0.2) is 4.98 Å². The van der Waals surface area contributed by atoms with Gasteiger partial charge in [-0.2, -0.15) is 0 Å². The zero-order valence-electron chi connectivity index (χ0n) is 33.7. The number of aromatic nitrogens is 2. The molecule has 1 aliphatic heterocycles. The van der Waals surface area contributed by atoms with Crippen LogP contribution in [0.4, 0.5) is 5.69 Å². The molecule has 1 aromatic heterocycles. The van der Waals surface area contributed by atoms with E-state index in [2.05, 4.69) is 204 Å². The Morgan fingerprint density at radius 1 is 0.579 bits per heavy atom. The van der Waals surface area contributed by atoms with Gasteiger partial charge in [-0.1, -0.05) is 125 Å². The summed E-state index contributed by atoms with van der Waals surface area (Å²) in [7, 11) is 0. The van der Waals surface area contributed by atoms with Crippen molar-refractivity contribution in [2.24, 2.45) is 4.99 Å². The third-order valence-electron chi connectivity index (χ3n) is 13.7. The molecule has 3 aliphatic carbocycles. The van der Waals surface area contributed by atoms with Crippen LogP contribution in [0.1, 0.15) is 73.6 Å². The van der Waals surface area contributed by atoms with Crippen LogP contribution in [0.2, 0.25) is 0 Å². The summed E-state index contributed by atoms with van der Waals surface area (Å²) in [4.78, 5) is 13.2. The summed E-state index contributed by atoms with van der Waals surface area (Å²) in [6, 6.07) is 44.2. The highest BCUT2D eigenvalue weighted by Gasteiger charge is 2.49. The number of para-hydroxylation sites is 4. The van der Waals surface area contributed by atoms with Crippen LogP contribution in [0, 0.1) is 13.8 Å². The average Bonchev–Trinajstić information content (AvgIpc) is 3.90. The van der Waals surface area contributed by atoms with Crippen LogP contribution in [0.15, 0.2) is 151 Å². The molecule has 4 heteroatoms. The summed E-state index contributed by atoms with van der Waals surface area (Å²) < 4.78 is 2.31. The Hall–Kier alpha value is -6.26. The van der Waals surface area contributed by atoms with Crippen molar-refractivity contribution in [3.05, 3.63) is 185 Å². The number of hydrogen-bond acceptors (Lipinski definition) is 3. The molecule has 2 atom stereocenters. The predicted molar refractivity (Wildman–Crippen MR) is 237 cm³/mol. The maximum atomic E-state index is 5.50. The fourth-order valence-electron chi connectivity index (χ4n) is 10.7. The van der Waals surface area contributed by atoms with Gasteiger partial charge in [-0.15, -0.1) is 0 Å². The van der Waals surface area contributed by atoms with E-state index in [-0.39, 0.29) is 22.4 Å². The number of benzene rings is 6. The van der Waals surface area contributed by atoms with E-state index < -0.39 is 0 Å². The number of rotatable bonds is 4. The van der Waals surface area contributed by atoms with Crippen molar-refractivity contribution in [1.82, 2.24) is 9.55 Å². The maximum Gasteiger partial charge on any atom is 0.145 e. The first kappa shape index (κ1) is 34.0. The fourth-order valence-corrected chi connectivity index (χ4v) is 10.7. The van der Waals surface area contributed by atoms with Crippen molar-refractivity contribution >= 4 is 22.6 Å². The maximum absolute atomic E-state index is 5.50. The monoisotopic (exact) mass is 738 g/mol. The third-order valence-corrected chi connectivity index (χ3v) is 13.7. The lowest BCUT2D eigenvalue weighted by Gasteiger charge is -2.33. The van der Waals surface area contributed by atoms with Gasteiger partial charge in [0, 0.05) is 33.3 Å². The van der Waals surface area contributed by atoms with Gasteiger partial charge < -0.3 is 4.90 Å². The van der Waals surface area contributed by atoms with Crippen LogP contribution in [0.25, 0.3) is 50.4 Å². The Bertz CT molecular complexity index is 2940. The molecule has 0 bridgehead atoms. The molecule has 7 aromatic rings. The number of allylic oxidation sites excluding steroid dienone is 2. The van der Waals surface area contributed by atoms with Gasteiger partial charge >= 0.3 is 0 Å². The van der Waals surface area contributed by atoms with Crippen LogP contribution in [0.3, 0.4) is 0 Å². The van der Waals surface area contributed by atoms with Gasteiger partial charge in [0.25, 0.3) is 0 Å².